The van der Waals surface area contributed by atoms with E-state index in [2.05, 4.69) is 5.32 Å². The van der Waals surface area contributed by atoms with E-state index in [0.717, 1.165) is 0 Å². The van der Waals surface area contributed by atoms with E-state index in [9.17, 15) is 14.4 Å². The molecule has 29 heavy (non-hydrogen) atoms. The monoisotopic (exact) mass is 417 g/mol. The highest BCUT2D eigenvalue weighted by atomic mass is 35.5. The quantitative estimate of drug-likeness (QED) is 0.464. The first-order chi connectivity index (χ1) is 13.9. The summed E-state index contributed by atoms with van der Waals surface area (Å²) in [5.41, 5.74) is 1.13. The van der Waals surface area contributed by atoms with Crippen molar-refractivity contribution in [2.45, 2.75) is 32.2 Å². The van der Waals surface area contributed by atoms with Crippen LogP contribution >= 0.6 is 11.6 Å². The van der Waals surface area contributed by atoms with Crippen molar-refractivity contribution >= 4 is 29.3 Å². The van der Waals surface area contributed by atoms with E-state index in [4.69, 9.17) is 21.1 Å². The first-order valence-corrected chi connectivity index (χ1v) is 9.69. The Hall–Kier alpha value is -2.86. The number of amides is 1. The van der Waals surface area contributed by atoms with Crippen LogP contribution in [0.15, 0.2) is 48.5 Å². The maximum atomic E-state index is 12.4. The van der Waals surface area contributed by atoms with Crippen LogP contribution in [0.3, 0.4) is 0 Å². The second kappa shape index (κ2) is 11.2. The third-order valence-electron chi connectivity index (χ3n) is 4.28. The molecule has 0 saturated heterocycles. The van der Waals surface area contributed by atoms with Gasteiger partial charge in [0.1, 0.15) is 5.75 Å². The van der Waals surface area contributed by atoms with Gasteiger partial charge in [-0.2, -0.15) is 0 Å². The summed E-state index contributed by atoms with van der Waals surface area (Å²) >= 11 is 6.20. The minimum Gasteiger partial charge on any atom is -0.494 e. The van der Waals surface area contributed by atoms with Crippen LogP contribution < -0.4 is 10.1 Å². The maximum Gasteiger partial charge on any atom is 0.307 e. The molecule has 0 heterocycles. The minimum absolute atomic E-state index is 0.00578. The lowest BCUT2D eigenvalue weighted by Crippen LogP contribution is -2.31. The molecular weight excluding hydrogens is 394 g/mol. The Labute approximate surface area is 175 Å². The molecule has 6 nitrogen and oxygen atoms in total. The van der Waals surface area contributed by atoms with Crippen LogP contribution in [-0.2, 0) is 14.3 Å². The van der Waals surface area contributed by atoms with E-state index in [1.807, 2.05) is 6.92 Å². The molecule has 154 valence electrons. The summed E-state index contributed by atoms with van der Waals surface area (Å²) in [5, 5.41) is 3.21. The van der Waals surface area contributed by atoms with Gasteiger partial charge in [0.15, 0.2) is 5.78 Å². The number of carbonyl (C=O) groups excluding carboxylic acids is 3. The van der Waals surface area contributed by atoms with E-state index in [1.165, 1.54) is 7.11 Å². The lowest BCUT2D eigenvalue weighted by Gasteiger charge is -2.19. The summed E-state index contributed by atoms with van der Waals surface area (Å²) in [5.74, 6) is -0.281. The zero-order valence-electron chi connectivity index (χ0n) is 16.4. The number of hydrogen-bond donors (Lipinski definition) is 1. The Balaban J connectivity index is 1.97. The molecule has 2 aromatic carbocycles. The van der Waals surface area contributed by atoms with Crippen LogP contribution in [0, 0.1) is 0 Å². The van der Waals surface area contributed by atoms with E-state index >= 15 is 0 Å². The average Bonchev–Trinajstić information content (AvgIpc) is 2.72. The van der Waals surface area contributed by atoms with Gasteiger partial charge in [0.05, 0.1) is 26.2 Å². The molecule has 2 aromatic rings. The highest BCUT2D eigenvalue weighted by molar-refractivity contribution is 6.31. The molecule has 1 N–H and O–H groups in total. The van der Waals surface area contributed by atoms with Gasteiger partial charge in [0.25, 0.3) is 0 Å². The van der Waals surface area contributed by atoms with Gasteiger partial charge >= 0.3 is 5.97 Å². The second-order valence-electron chi connectivity index (χ2n) is 6.30. The van der Waals surface area contributed by atoms with E-state index in [0.29, 0.717) is 28.5 Å². The van der Waals surface area contributed by atoms with E-state index in [-0.39, 0.29) is 31.0 Å². The summed E-state index contributed by atoms with van der Waals surface area (Å²) in [6.45, 7) is 2.43. The summed E-state index contributed by atoms with van der Waals surface area (Å²) in [6.07, 6.45) is -0.0136. The molecule has 1 atom stereocenters. The summed E-state index contributed by atoms with van der Waals surface area (Å²) in [4.78, 5) is 36.5. The van der Waals surface area contributed by atoms with Gasteiger partial charge in [-0.15, -0.1) is 0 Å². The number of rotatable bonds is 10. The number of methoxy groups -OCH3 is 1. The first kappa shape index (κ1) is 22.4. The summed E-state index contributed by atoms with van der Waals surface area (Å²) in [6, 6.07) is 13.1. The third-order valence-corrected chi connectivity index (χ3v) is 4.62. The molecule has 1 amide bonds. The van der Waals surface area contributed by atoms with Crippen LogP contribution in [0.4, 0.5) is 0 Å². The number of Topliss-reactive ketones (excluding diaryl/α,β-unsaturated/α-hetero) is 1. The number of hydrogen-bond acceptors (Lipinski definition) is 5. The molecular formula is C22H24ClNO5. The van der Waals surface area contributed by atoms with Crippen molar-refractivity contribution in [3.8, 4) is 5.75 Å². The normalized spacial score (nSPS) is 11.4. The number of carbonyl (C=O) groups is 3. The highest BCUT2D eigenvalue weighted by Gasteiger charge is 2.21. The number of ketones is 1. The van der Waals surface area contributed by atoms with Crippen molar-refractivity contribution in [2.24, 2.45) is 0 Å². The molecule has 0 bridgehead atoms. The minimum atomic E-state index is -0.635. The van der Waals surface area contributed by atoms with Crippen LogP contribution in [0.25, 0.3) is 0 Å². The highest BCUT2D eigenvalue weighted by Crippen LogP contribution is 2.25. The van der Waals surface area contributed by atoms with Crippen molar-refractivity contribution in [1.29, 1.82) is 0 Å². The SMILES string of the molecule is CCOc1ccc(C(=O)CCC(=O)N[C@H](CC(=O)OC)c2ccccc2Cl)cc1. The molecule has 0 aliphatic rings. The van der Waals surface area contributed by atoms with Crippen LogP contribution in [0.1, 0.15) is 48.1 Å². The van der Waals surface area contributed by atoms with Crippen molar-refractivity contribution in [3.63, 3.8) is 0 Å². The molecule has 0 radical (unpaired) electrons. The van der Waals surface area contributed by atoms with Gasteiger partial charge in [-0.05, 0) is 42.8 Å². The third kappa shape index (κ3) is 6.91. The topological polar surface area (TPSA) is 81.7 Å². The van der Waals surface area contributed by atoms with Crippen LogP contribution in [0.2, 0.25) is 5.02 Å². The number of ether oxygens (including phenoxy) is 2. The zero-order chi connectivity index (χ0) is 21.2. The van der Waals surface area contributed by atoms with Gasteiger partial charge in [-0.3, -0.25) is 14.4 Å². The Bertz CT molecular complexity index is 851. The molecule has 0 unspecified atom stereocenters. The predicted molar refractivity (Wildman–Crippen MR) is 110 cm³/mol. The van der Waals surface area contributed by atoms with Crippen molar-refractivity contribution in [3.05, 3.63) is 64.7 Å². The van der Waals surface area contributed by atoms with Crippen molar-refractivity contribution in [2.75, 3.05) is 13.7 Å². The Morgan fingerprint density at radius 1 is 1.03 bits per heavy atom. The molecule has 0 aliphatic carbocycles. The Morgan fingerprint density at radius 2 is 1.72 bits per heavy atom. The van der Waals surface area contributed by atoms with Crippen LogP contribution in [0.5, 0.6) is 5.75 Å². The average molecular weight is 418 g/mol. The Kier molecular flexibility index (Phi) is 8.68. The lowest BCUT2D eigenvalue weighted by atomic mass is 10.0. The number of nitrogens with one attached hydrogen (secondary N) is 1. The van der Waals surface area contributed by atoms with E-state index < -0.39 is 12.0 Å². The lowest BCUT2D eigenvalue weighted by molar-refractivity contribution is -0.141. The molecule has 0 aromatic heterocycles. The van der Waals surface area contributed by atoms with Gasteiger partial charge in [0.2, 0.25) is 5.91 Å². The van der Waals surface area contributed by atoms with Gasteiger partial charge in [-0.25, -0.2) is 0 Å². The fourth-order valence-electron chi connectivity index (χ4n) is 2.79. The van der Waals surface area contributed by atoms with Crippen LogP contribution in [-0.4, -0.2) is 31.4 Å². The number of benzene rings is 2. The van der Waals surface area contributed by atoms with Gasteiger partial charge in [0, 0.05) is 23.4 Å². The molecule has 7 heteroatoms. The summed E-state index contributed by atoms with van der Waals surface area (Å²) < 4.78 is 10.1. The maximum absolute atomic E-state index is 12.4. The molecule has 0 aliphatic heterocycles. The number of halogens is 1. The fraction of sp³-hybridized carbons (Fsp3) is 0.318. The second-order valence-corrected chi connectivity index (χ2v) is 6.71. The predicted octanol–water partition coefficient (Wildman–Crippen LogP) is 4.12. The smallest absolute Gasteiger partial charge is 0.307 e. The molecule has 0 saturated carbocycles. The van der Waals surface area contributed by atoms with Gasteiger partial charge in [-0.1, -0.05) is 29.8 Å². The first-order valence-electron chi connectivity index (χ1n) is 9.31. The van der Waals surface area contributed by atoms with Gasteiger partial charge < -0.3 is 14.8 Å². The largest absolute Gasteiger partial charge is 0.494 e. The standard InChI is InChI=1S/C22H24ClNO5/c1-3-29-16-10-8-15(9-11-16)20(25)12-13-21(26)24-19(14-22(27)28-2)17-6-4-5-7-18(17)23/h4-11,19H,3,12-14H2,1-2H3,(H,24,26)/t19-/m1/s1. The van der Waals surface area contributed by atoms with Crippen molar-refractivity contribution < 1.29 is 23.9 Å². The molecule has 2 rings (SSSR count). The molecule has 0 fully saturated rings. The number of esters is 1. The fourth-order valence-corrected chi connectivity index (χ4v) is 3.06. The molecule has 0 spiro atoms. The zero-order valence-corrected chi connectivity index (χ0v) is 17.2. The summed E-state index contributed by atoms with van der Waals surface area (Å²) in [7, 11) is 1.28. The van der Waals surface area contributed by atoms with E-state index in [1.54, 1.807) is 48.5 Å². The van der Waals surface area contributed by atoms with Crippen molar-refractivity contribution in [1.82, 2.24) is 5.32 Å². The Morgan fingerprint density at radius 3 is 2.34 bits per heavy atom.